The van der Waals surface area contributed by atoms with E-state index in [0.717, 1.165) is 0 Å². The summed E-state index contributed by atoms with van der Waals surface area (Å²) in [4.78, 5) is 5.26. The summed E-state index contributed by atoms with van der Waals surface area (Å²) >= 11 is 0. The van der Waals surface area contributed by atoms with Crippen LogP contribution in [0.2, 0.25) is 0 Å². The van der Waals surface area contributed by atoms with Crippen LogP contribution in [0, 0.1) is 0 Å². The Hall–Kier alpha value is -4.44. The molecule has 20 heteroatoms. The van der Waals surface area contributed by atoms with Crippen LogP contribution < -0.4 is 10.7 Å². The third-order valence-corrected chi connectivity index (χ3v) is 8.48. The van der Waals surface area contributed by atoms with Gasteiger partial charge >= 0.3 is 0 Å². The molecule has 0 atom stereocenters. The first-order valence-electron chi connectivity index (χ1n) is 11.0. The molecule has 0 aliphatic heterocycles. The van der Waals surface area contributed by atoms with Crippen LogP contribution in [0.25, 0.3) is 34.2 Å². The minimum absolute atomic E-state index is 0.0594. The fraction of sp³-hybridized carbons (Fsp3) is 0. The molecule has 5 rings (SSSR count). The van der Waals surface area contributed by atoms with Crippen LogP contribution in [0.15, 0.2) is 87.7 Å². The second-order valence-corrected chi connectivity index (χ2v) is 12.8. The molecule has 17 nitrogen and oxygen atoms in total. The highest BCUT2D eigenvalue weighted by atomic mass is 32.2. The minimum Gasteiger partial charge on any atom is -0.282 e. The predicted molar refractivity (Wildman–Crippen MR) is 139 cm³/mol. The average Bonchev–Trinajstić information content (AvgIpc) is 3.63. The van der Waals surface area contributed by atoms with Gasteiger partial charge in [0.2, 0.25) is 0 Å². The van der Waals surface area contributed by atoms with Gasteiger partial charge in [0.15, 0.2) is 0 Å². The van der Waals surface area contributed by atoms with Gasteiger partial charge in [0.25, 0.3) is 30.3 Å². The summed E-state index contributed by atoms with van der Waals surface area (Å²) in [5.41, 5.74) is 1.14. The first-order chi connectivity index (χ1) is 19.2. The molecule has 0 bridgehead atoms. The number of sulfonamides is 1. The lowest BCUT2D eigenvalue weighted by molar-refractivity contribution is 0.481. The lowest BCUT2D eigenvalue weighted by Crippen LogP contribution is -2.30. The molecule has 3 aromatic heterocycles. The van der Waals surface area contributed by atoms with Gasteiger partial charge < -0.3 is 0 Å². The summed E-state index contributed by atoms with van der Waals surface area (Å²) in [5, 5.41) is 16.0. The highest BCUT2D eigenvalue weighted by Crippen LogP contribution is 2.26. The molecule has 41 heavy (non-hydrogen) atoms. The molecule has 0 fully saturated rings. The maximum atomic E-state index is 12.6. The summed E-state index contributed by atoms with van der Waals surface area (Å²) in [6.45, 7) is 0. The predicted octanol–water partition coefficient (Wildman–Crippen LogP) is 0.222. The summed E-state index contributed by atoms with van der Waals surface area (Å²) in [7, 11) is -13.0. The third-order valence-electron chi connectivity index (χ3n) is 5.57. The highest BCUT2D eigenvalue weighted by Gasteiger charge is 2.20. The topological polar surface area (TPSA) is 255 Å². The molecule has 5 aromatic rings. The zero-order valence-corrected chi connectivity index (χ0v) is 22.7. The molecule has 3 heterocycles. The van der Waals surface area contributed by atoms with E-state index < -0.39 is 30.3 Å². The van der Waals surface area contributed by atoms with Gasteiger partial charge in [-0.25, -0.2) is 22.8 Å². The Kier molecular flexibility index (Phi) is 6.98. The zero-order valence-electron chi connectivity index (χ0n) is 20.2. The van der Waals surface area contributed by atoms with Gasteiger partial charge in [0, 0.05) is 0 Å². The van der Waals surface area contributed by atoms with Crippen molar-refractivity contribution in [3.05, 3.63) is 73.1 Å². The van der Waals surface area contributed by atoms with Gasteiger partial charge in [0.05, 0.1) is 49.8 Å². The Morgan fingerprint density at radius 2 is 1.00 bits per heavy atom. The summed E-state index contributed by atoms with van der Waals surface area (Å²) in [6, 6.07) is 12.6. The molecule has 0 aliphatic carbocycles. The molecule has 0 unspecified atom stereocenters. The molecule has 0 saturated heterocycles. The Bertz CT molecular complexity index is 1960. The number of nitrogens with one attached hydrogen (secondary N) is 1. The van der Waals surface area contributed by atoms with E-state index >= 15 is 0 Å². The van der Waals surface area contributed by atoms with E-state index in [9.17, 15) is 25.3 Å². The Morgan fingerprint density at radius 3 is 1.34 bits per heavy atom. The van der Waals surface area contributed by atoms with E-state index in [4.69, 9.17) is 14.9 Å². The van der Waals surface area contributed by atoms with Crippen LogP contribution in [0.1, 0.15) is 0 Å². The van der Waals surface area contributed by atoms with E-state index in [1.165, 1.54) is 82.4 Å². The monoisotopic (exact) mass is 619 g/mol. The molecule has 212 valence electrons. The molecule has 2 aromatic carbocycles. The van der Waals surface area contributed by atoms with Crippen molar-refractivity contribution in [3.63, 3.8) is 0 Å². The number of aromatic nitrogens is 7. The van der Waals surface area contributed by atoms with E-state index in [0.29, 0.717) is 11.4 Å². The van der Waals surface area contributed by atoms with Gasteiger partial charge in [-0.05, 0) is 60.7 Å². The lowest BCUT2D eigenvalue weighted by Gasteiger charge is -2.06. The van der Waals surface area contributed by atoms with Gasteiger partial charge in [0.1, 0.15) is 11.4 Å². The van der Waals surface area contributed by atoms with Crippen molar-refractivity contribution >= 4 is 30.3 Å². The van der Waals surface area contributed by atoms with E-state index in [1.807, 2.05) is 0 Å². The van der Waals surface area contributed by atoms with E-state index in [1.54, 1.807) is 4.83 Å². The molecular weight excluding hydrogens is 602 g/mol. The van der Waals surface area contributed by atoms with Crippen LogP contribution in [-0.4, -0.2) is 69.3 Å². The maximum Gasteiger partial charge on any atom is 0.294 e. The van der Waals surface area contributed by atoms with Crippen molar-refractivity contribution in [1.82, 2.24) is 39.8 Å². The SMILES string of the molecule is NNS(=O)(=O)c1cc(-c2cn(-c3ccc(S(=O)(=O)O)cc3)nn2)nc(-c2cn(-c3ccc(S(=O)(=O)O)cc3)nn2)c1. The molecule has 0 amide bonds. The number of hydrogen-bond acceptors (Lipinski definition) is 12. The minimum atomic E-state index is -4.39. The van der Waals surface area contributed by atoms with Gasteiger partial charge in [-0.2, -0.15) is 21.7 Å². The first-order valence-corrected chi connectivity index (χ1v) is 15.4. The van der Waals surface area contributed by atoms with Crippen molar-refractivity contribution in [2.45, 2.75) is 14.7 Å². The van der Waals surface area contributed by atoms with Crippen LogP contribution in [0.4, 0.5) is 0 Å². The quantitative estimate of drug-likeness (QED) is 0.103. The van der Waals surface area contributed by atoms with Gasteiger partial charge in [-0.1, -0.05) is 10.4 Å². The number of benzene rings is 2. The standard InChI is InChI=1S/C21H17N9O8S3/c22-26-39(31,32)17-9-18(20-11-29(27-24-20)13-1-5-15(6-2-13)40(33,34)35)23-19(10-17)21-12-30(28-25-21)14-3-7-16(8-4-14)41(36,37)38/h1-12,26H,22H2,(H,33,34,35)(H,36,37,38). The molecule has 0 spiro atoms. The zero-order chi connectivity index (χ0) is 29.6. The number of hydrogen-bond donors (Lipinski definition) is 4. The largest absolute Gasteiger partial charge is 0.294 e. The Labute approximate surface area is 231 Å². The fourth-order valence-corrected chi connectivity index (χ4v) is 5.18. The van der Waals surface area contributed by atoms with Gasteiger partial charge in [-0.3, -0.25) is 14.9 Å². The summed E-state index contributed by atoms with van der Waals surface area (Å²) in [5.74, 6) is 5.22. The van der Waals surface area contributed by atoms with Crippen molar-refractivity contribution in [2.24, 2.45) is 5.84 Å². The number of nitrogens with zero attached hydrogens (tertiary/aromatic N) is 7. The normalized spacial score (nSPS) is 12.5. The number of pyridine rings is 1. The molecule has 0 saturated carbocycles. The maximum absolute atomic E-state index is 12.6. The van der Waals surface area contributed by atoms with Crippen molar-refractivity contribution in [2.75, 3.05) is 0 Å². The Balaban J connectivity index is 1.53. The number of hydrazine groups is 1. The first kappa shape index (κ1) is 28.1. The summed E-state index contributed by atoms with van der Waals surface area (Å²) in [6.07, 6.45) is 2.82. The lowest BCUT2D eigenvalue weighted by atomic mass is 10.2. The van der Waals surface area contributed by atoms with Gasteiger partial charge in [-0.15, -0.1) is 10.2 Å². The fourth-order valence-electron chi connectivity index (χ4n) is 3.55. The number of rotatable bonds is 8. The van der Waals surface area contributed by atoms with Crippen LogP contribution in [0.5, 0.6) is 0 Å². The molecule has 0 radical (unpaired) electrons. The van der Waals surface area contributed by atoms with Crippen molar-refractivity contribution in [3.8, 4) is 34.2 Å². The van der Waals surface area contributed by atoms with Crippen LogP contribution in [-0.2, 0) is 30.3 Å². The second kappa shape index (κ2) is 10.2. The molecular formula is C21H17N9O8S3. The molecule has 0 aliphatic rings. The van der Waals surface area contributed by atoms with E-state index in [-0.39, 0.29) is 37.5 Å². The Morgan fingerprint density at radius 1 is 0.610 bits per heavy atom. The summed E-state index contributed by atoms with van der Waals surface area (Å²) < 4.78 is 91.2. The molecule has 5 N–H and O–H groups in total. The highest BCUT2D eigenvalue weighted by molar-refractivity contribution is 7.89. The van der Waals surface area contributed by atoms with E-state index in [2.05, 4.69) is 25.6 Å². The van der Waals surface area contributed by atoms with Crippen molar-refractivity contribution in [1.29, 1.82) is 0 Å². The second-order valence-electron chi connectivity index (χ2n) is 8.23. The van der Waals surface area contributed by atoms with Crippen LogP contribution >= 0.6 is 0 Å². The third kappa shape index (κ3) is 5.88. The van der Waals surface area contributed by atoms with Crippen molar-refractivity contribution < 1.29 is 34.4 Å². The van der Waals surface area contributed by atoms with Crippen LogP contribution in [0.3, 0.4) is 0 Å². The number of nitrogens with two attached hydrogens (primary N) is 1. The average molecular weight is 620 g/mol. The smallest absolute Gasteiger partial charge is 0.282 e.